The highest BCUT2D eigenvalue weighted by molar-refractivity contribution is 5.65. The summed E-state index contributed by atoms with van der Waals surface area (Å²) in [5.74, 6) is -0.515. The van der Waals surface area contributed by atoms with E-state index in [1.165, 1.54) is 5.56 Å². The van der Waals surface area contributed by atoms with E-state index in [1.54, 1.807) is 7.11 Å². The average molecular weight is 265 g/mol. The van der Waals surface area contributed by atoms with Crippen LogP contribution in [0, 0.1) is 0 Å². The van der Waals surface area contributed by atoms with Crippen molar-refractivity contribution >= 4 is 5.97 Å². The Morgan fingerprint density at radius 2 is 1.95 bits per heavy atom. The van der Waals surface area contributed by atoms with Gasteiger partial charge < -0.3 is 19.5 Å². The van der Waals surface area contributed by atoms with E-state index in [1.807, 2.05) is 0 Å². The molecule has 0 saturated carbocycles. The molecule has 0 bridgehead atoms. The van der Waals surface area contributed by atoms with Crippen LogP contribution in [0.25, 0.3) is 0 Å². The first-order valence-electron chi connectivity index (χ1n) is 6.64. The Kier molecular flexibility index (Phi) is 6.53. The molecule has 0 aliphatic carbocycles. The van der Waals surface area contributed by atoms with Gasteiger partial charge in [-0.05, 0) is 11.5 Å². The Morgan fingerprint density at radius 3 is 2.42 bits per heavy atom. The normalized spacial score (nSPS) is 12.6. The number of quaternary nitrogens is 1. The topological polar surface area (TPSA) is 53.8 Å². The van der Waals surface area contributed by atoms with Crippen molar-refractivity contribution in [1.29, 1.82) is 0 Å². The number of nitrogens with one attached hydrogen (secondary N) is 1. The van der Waals surface area contributed by atoms with Gasteiger partial charge in [-0.15, -0.1) is 0 Å². The molecule has 1 unspecified atom stereocenters. The summed E-state index contributed by atoms with van der Waals surface area (Å²) in [5.41, 5.74) is 2.43. The number of aliphatic carboxylic acids is 1. The molecule has 0 aliphatic heterocycles. The van der Waals surface area contributed by atoms with E-state index >= 15 is 0 Å². The first-order chi connectivity index (χ1) is 9.02. The fourth-order valence-electron chi connectivity index (χ4n) is 2.00. The Balaban J connectivity index is 2.63. The lowest BCUT2D eigenvalue weighted by atomic mass is 10.0. The third-order valence-corrected chi connectivity index (χ3v) is 3.15. The molecule has 0 amide bonds. The molecule has 19 heavy (non-hydrogen) atoms. The first kappa shape index (κ1) is 15.7. The van der Waals surface area contributed by atoms with Crippen LogP contribution in [0.3, 0.4) is 0 Å². The van der Waals surface area contributed by atoms with Gasteiger partial charge in [0, 0.05) is 12.7 Å². The van der Waals surface area contributed by atoms with Crippen LogP contribution in [0.4, 0.5) is 0 Å². The minimum atomic E-state index is -1.02. The van der Waals surface area contributed by atoms with Gasteiger partial charge in [-0.25, -0.2) is 0 Å². The van der Waals surface area contributed by atoms with E-state index in [2.05, 4.69) is 38.1 Å². The van der Waals surface area contributed by atoms with Crippen molar-refractivity contribution in [2.24, 2.45) is 0 Å². The predicted octanol–water partition coefficient (Wildman–Crippen LogP) is -0.409. The number of carbonyl (C=O) groups excluding carboxylic acids is 1. The molecule has 0 spiro atoms. The highest BCUT2D eigenvalue weighted by Gasteiger charge is 2.10. The van der Waals surface area contributed by atoms with E-state index in [9.17, 15) is 9.90 Å². The largest absolute Gasteiger partial charge is 0.544 e. The molecule has 0 aliphatic rings. The van der Waals surface area contributed by atoms with Gasteiger partial charge in [-0.3, -0.25) is 0 Å². The van der Waals surface area contributed by atoms with Crippen molar-refractivity contribution in [3.05, 3.63) is 35.4 Å². The third kappa shape index (κ3) is 5.85. The quantitative estimate of drug-likeness (QED) is 0.695. The minimum absolute atomic E-state index is 0.00922. The van der Waals surface area contributed by atoms with E-state index < -0.39 is 5.97 Å². The summed E-state index contributed by atoms with van der Waals surface area (Å²) in [6, 6.07) is 8.34. The summed E-state index contributed by atoms with van der Waals surface area (Å²) in [6.07, 6.45) is 0. The molecule has 106 valence electrons. The van der Waals surface area contributed by atoms with E-state index in [0.29, 0.717) is 25.6 Å². The van der Waals surface area contributed by atoms with Crippen LogP contribution >= 0.6 is 0 Å². The van der Waals surface area contributed by atoms with Gasteiger partial charge in [0.15, 0.2) is 0 Å². The molecule has 1 N–H and O–H groups in total. The Bertz CT molecular complexity index is 387. The van der Waals surface area contributed by atoms with Crippen LogP contribution in [0.2, 0.25) is 0 Å². The molecule has 0 fully saturated rings. The number of hydrogen-bond donors (Lipinski definition) is 1. The highest BCUT2D eigenvalue weighted by atomic mass is 16.5. The molecule has 1 aromatic carbocycles. The van der Waals surface area contributed by atoms with Gasteiger partial charge >= 0.3 is 0 Å². The third-order valence-electron chi connectivity index (χ3n) is 3.15. The monoisotopic (exact) mass is 265 g/mol. The maximum atomic E-state index is 10.7. The second-order valence-corrected chi connectivity index (χ2v) is 5.11. The molecule has 1 aromatic rings. The fourth-order valence-corrected chi connectivity index (χ4v) is 2.00. The zero-order valence-electron chi connectivity index (χ0n) is 11.9. The maximum Gasteiger partial charge on any atom is 0.118 e. The van der Waals surface area contributed by atoms with Crippen LogP contribution < -0.4 is 10.0 Å². The lowest BCUT2D eigenvalue weighted by molar-refractivity contribution is -0.908. The van der Waals surface area contributed by atoms with E-state index in [-0.39, 0.29) is 6.54 Å². The van der Waals surface area contributed by atoms with Crippen molar-refractivity contribution in [2.45, 2.75) is 26.3 Å². The zero-order valence-corrected chi connectivity index (χ0v) is 11.9. The van der Waals surface area contributed by atoms with Crippen LogP contribution in [0.5, 0.6) is 0 Å². The Hall–Kier alpha value is -1.39. The molecule has 1 rings (SSSR count). The number of carboxylic acid groups (broad SMARTS) is 1. The predicted molar refractivity (Wildman–Crippen MR) is 71.8 cm³/mol. The van der Waals surface area contributed by atoms with Crippen molar-refractivity contribution in [3.63, 3.8) is 0 Å². The van der Waals surface area contributed by atoms with Crippen LogP contribution in [0.15, 0.2) is 24.3 Å². The van der Waals surface area contributed by atoms with Gasteiger partial charge in [0.25, 0.3) is 0 Å². The number of carbonyl (C=O) groups is 1. The molecule has 0 saturated heterocycles. The molecule has 0 heterocycles. The summed E-state index contributed by atoms with van der Waals surface area (Å²) in [6.45, 7) is 6.20. The number of carboxylic acids is 1. The van der Waals surface area contributed by atoms with Gasteiger partial charge in [0.1, 0.15) is 19.6 Å². The Labute approximate surface area is 115 Å². The van der Waals surface area contributed by atoms with Crippen molar-refractivity contribution < 1.29 is 19.5 Å². The molecular formula is C15H23NO3. The van der Waals surface area contributed by atoms with Crippen LogP contribution in [-0.4, -0.2) is 32.8 Å². The minimum Gasteiger partial charge on any atom is -0.544 e. The average Bonchev–Trinajstić information content (AvgIpc) is 2.36. The van der Waals surface area contributed by atoms with E-state index in [4.69, 9.17) is 4.74 Å². The summed E-state index contributed by atoms with van der Waals surface area (Å²) >= 11 is 0. The number of hydrogen-bond acceptors (Lipinski definition) is 3. The summed E-state index contributed by atoms with van der Waals surface area (Å²) in [5, 5.41) is 10.7. The van der Waals surface area contributed by atoms with Crippen molar-refractivity contribution in [3.8, 4) is 0 Å². The van der Waals surface area contributed by atoms with Gasteiger partial charge in [-0.2, -0.15) is 0 Å². The maximum absolute atomic E-state index is 10.7. The standard InChI is InChI=1S/C15H23NO3/c1-12(2)14-6-4-13(5-7-14)10-16(8-9-19-3)11-15(17)18/h4-7,12H,8-11H2,1-3H3,(H,17,18). The number of methoxy groups -OCH3 is 1. The lowest BCUT2D eigenvalue weighted by Gasteiger charge is -2.20. The highest BCUT2D eigenvalue weighted by Crippen LogP contribution is 2.14. The van der Waals surface area contributed by atoms with Crippen molar-refractivity contribution in [1.82, 2.24) is 0 Å². The smallest absolute Gasteiger partial charge is 0.118 e. The number of ether oxygens (including phenoxy) is 1. The molecule has 1 atom stereocenters. The van der Waals surface area contributed by atoms with Crippen LogP contribution in [0.1, 0.15) is 30.9 Å². The molecule has 4 heteroatoms. The summed E-state index contributed by atoms with van der Waals surface area (Å²) in [4.78, 5) is 11.7. The second-order valence-electron chi connectivity index (χ2n) is 5.11. The van der Waals surface area contributed by atoms with Crippen molar-refractivity contribution in [2.75, 3.05) is 26.8 Å². The summed E-state index contributed by atoms with van der Waals surface area (Å²) in [7, 11) is 1.62. The SMILES string of the molecule is COCC[NH+](CC(=O)[O-])Cc1ccc(C(C)C)cc1. The summed E-state index contributed by atoms with van der Waals surface area (Å²) < 4.78 is 5.01. The number of benzene rings is 1. The lowest BCUT2D eigenvalue weighted by Crippen LogP contribution is -3.12. The second kappa shape index (κ2) is 7.92. The molecular weight excluding hydrogens is 242 g/mol. The van der Waals surface area contributed by atoms with Gasteiger partial charge in [-0.1, -0.05) is 38.1 Å². The molecule has 0 aromatic heterocycles. The number of rotatable bonds is 8. The van der Waals surface area contributed by atoms with Crippen LogP contribution in [-0.2, 0) is 16.1 Å². The molecule has 4 nitrogen and oxygen atoms in total. The first-order valence-corrected chi connectivity index (χ1v) is 6.64. The van der Waals surface area contributed by atoms with Gasteiger partial charge in [0.2, 0.25) is 0 Å². The van der Waals surface area contributed by atoms with E-state index in [0.717, 1.165) is 10.5 Å². The Morgan fingerprint density at radius 1 is 1.32 bits per heavy atom. The fraction of sp³-hybridized carbons (Fsp3) is 0.533. The molecule has 0 radical (unpaired) electrons. The van der Waals surface area contributed by atoms with Gasteiger partial charge in [0.05, 0.1) is 12.6 Å². The zero-order chi connectivity index (χ0) is 14.3.